The maximum Gasteiger partial charge on any atom is 0.265 e. The van der Waals surface area contributed by atoms with E-state index in [1.807, 2.05) is 0 Å². The molecule has 2 heterocycles. The Morgan fingerprint density at radius 1 is 1.29 bits per heavy atom. The number of nitrogens with two attached hydrogens (primary N) is 1. The van der Waals surface area contributed by atoms with Crippen LogP contribution >= 0.6 is 22.9 Å². The van der Waals surface area contributed by atoms with Crippen LogP contribution in [0, 0.1) is 0 Å². The number of amides is 2. The molecule has 122 valence electrons. The number of hydrogen-bond donors (Lipinski definition) is 3. The van der Waals surface area contributed by atoms with Crippen molar-refractivity contribution >= 4 is 39.9 Å². The highest BCUT2D eigenvalue weighted by atomic mass is 35.5. The Kier molecular flexibility index (Phi) is 4.64. The van der Waals surface area contributed by atoms with Crippen LogP contribution in [0.2, 0.25) is 5.02 Å². The number of carbonyl (C=O) groups excluding carboxylic acids is 2. The number of carbonyl (C=O) groups is 2. The number of thiazole rings is 1. The zero-order valence-electron chi connectivity index (χ0n) is 12.4. The Morgan fingerprint density at radius 2 is 2.04 bits per heavy atom. The summed E-state index contributed by atoms with van der Waals surface area (Å²) in [6.45, 7) is 0. The molecule has 24 heavy (non-hydrogen) atoms. The molecule has 0 unspecified atom stereocenters. The highest BCUT2D eigenvalue weighted by Gasteiger charge is 2.11. The smallest absolute Gasteiger partial charge is 0.265 e. The summed E-state index contributed by atoms with van der Waals surface area (Å²) in [7, 11) is 0. The van der Waals surface area contributed by atoms with E-state index < -0.39 is 5.91 Å². The fraction of sp³-hybridized carbons (Fsp3) is 0.0625. The molecule has 3 rings (SSSR count). The molecule has 0 radical (unpaired) electrons. The average molecular weight is 361 g/mol. The van der Waals surface area contributed by atoms with Gasteiger partial charge in [-0.15, -0.1) is 11.3 Å². The summed E-state index contributed by atoms with van der Waals surface area (Å²) < 4.78 is 0. The number of H-pyrrole nitrogens is 1. The van der Waals surface area contributed by atoms with Gasteiger partial charge in [-0.05, 0) is 23.8 Å². The Bertz CT molecular complexity index is 886. The summed E-state index contributed by atoms with van der Waals surface area (Å²) in [5.74, 6) is -0.696. The van der Waals surface area contributed by atoms with E-state index in [4.69, 9.17) is 17.3 Å². The first kappa shape index (κ1) is 16.2. The van der Waals surface area contributed by atoms with Crippen molar-refractivity contribution in [2.45, 2.75) is 6.42 Å². The first-order chi connectivity index (χ1) is 11.5. The Labute approximate surface area is 146 Å². The van der Waals surface area contributed by atoms with Crippen molar-refractivity contribution in [3.8, 4) is 11.3 Å². The van der Waals surface area contributed by atoms with Gasteiger partial charge in [0.05, 0.1) is 12.1 Å². The average Bonchev–Trinajstić information content (AvgIpc) is 3.18. The number of nitrogens with one attached hydrogen (secondary N) is 2. The summed E-state index contributed by atoms with van der Waals surface area (Å²) in [6.07, 6.45) is 1.89. The van der Waals surface area contributed by atoms with Gasteiger partial charge < -0.3 is 16.0 Å². The second-order valence-electron chi connectivity index (χ2n) is 5.06. The van der Waals surface area contributed by atoms with Crippen molar-refractivity contribution in [2.75, 3.05) is 5.32 Å². The topological polar surface area (TPSA) is 101 Å². The predicted molar refractivity (Wildman–Crippen MR) is 94.2 cm³/mol. The van der Waals surface area contributed by atoms with E-state index >= 15 is 0 Å². The van der Waals surface area contributed by atoms with Crippen LogP contribution in [0.1, 0.15) is 16.1 Å². The van der Waals surface area contributed by atoms with Gasteiger partial charge >= 0.3 is 0 Å². The van der Waals surface area contributed by atoms with Crippen molar-refractivity contribution in [2.24, 2.45) is 5.73 Å². The van der Waals surface area contributed by atoms with Crippen LogP contribution < -0.4 is 11.1 Å². The molecule has 0 aliphatic carbocycles. The molecule has 0 fully saturated rings. The van der Waals surface area contributed by atoms with Crippen LogP contribution in [0.3, 0.4) is 0 Å². The molecule has 1 aromatic carbocycles. The lowest BCUT2D eigenvalue weighted by atomic mass is 10.1. The van der Waals surface area contributed by atoms with Crippen LogP contribution in [0.5, 0.6) is 0 Å². The van der Waals surface area contributed by atoms with E-state index in [2.05, 4.69) is 15.3 Å². The van der Waals surface area contributed by atoms with E-state index in [1.54, 1.807) is 41.9 Å². The normalized spacial score (nSPS) is 10.5. The Balaban J connectivity index is 1.65. The second kappa shape index (κ2) is 6.86. The lowest BCUT2D eigenvalue weighted by molar-refractivity contribution is -0.115. The molecule has 2 amide bonds. The quantitative estimate of drug-likeness (QED) is 0.651. The van der Waals surface area contributed by atoms with Crippen LogP contribution in [-0.2, 0) is 11.2 Å². The molecule has 0 aliphatic heterocycles. The van der Waals surface area contributed by atoms with Crippen LogP contribution in [0.15, 0.2) is 41.9 Å². The summed E-state index contributed by atoms with van der Waals surface area (Å²) in [5.41, 5.74) is 7.78. The van der Waals surface area contributed by atoms with E-state index in [9.17, 15) is 9.59 Å². The minimum Gasteiger partial charge on any atom is -0.364 e. The largest absolute Gasteiger partial charge is 0.364 e. The minimum absolute atomic E-state index is 0.162. The molecule has 0 saturated heterocycles. The molecule has 4 N–H and O–H groups in total. The third-order valence-corrected chi connectivity index (χ3v) is 4.28. The van der Waals surface area contributed by atoms with Crippen molar-refractivity contribution < 1.29 is 9.59 Å². The number of anilines is 1. The highest BCUT2D eigenvalue weighted by Crippen LogP contribution is 2.25. The number of rotatable bonds is 5. The van der Waals surface area contributed by atoms with Gasteiger partial charge in [-0.3, -0.25) is 9.59 Å². The number of aromatic nitrogens is 2. The summed E-state index contributed by atoms with van der Waals surface area (Å²) in [4.78, 5) is 30.3. The van der Waals surface area contributed by atoms with Crippen molar-refractivity contribution in [3.05, 3.63) is 58.2 Å². The SMILES string of the molecule is NC(=O)c1cc(-c2csc(NC(=O)Cc3ccc(Cl)cc3)n2)c[nH]1. The van der Waals surface area contributed by atoms with Crippen LogP contribution in [0.4, 0.5) is 5.13 Å². The molecule has 0 saturated carbocycles. The van der Waals surface area contributed by atoms with Gasteiger partial charge in [0.15, 0.2) is 5.13 Å². The van der Waals surface area contributed by atoms with Crippen molar-refractivity contribution in [1.29, 1.82) is 0 Å². The number of hydrogen-bond acceptors (Lipinski definition) is 4. The second-order valence-corrected chi connectivity index (χ2v) is 6.35. The standard InChI is InChI=1S/C16H13ClN4O2S/c17-11-3-1-9(2-4-11)5-14(22)21-16-20-13(8-24-16)10-6-12(15(18)23)19-7-10/h1-4,6-8,19H,5H2,(H2,18,23)(H,20,21,22). The Hall–Kier alpha value is -2.64. The maximum atomic E-state index is 12.1. The lowest BCUT2D eigenvalue weighted by Crippen LogP contribution is -2.14. The van der Waals surface area contributed by atoms with E-state index in [-0.39, 0.29) is 12.3 Å². The monoisotopic (exact) mass is 360 g/mol. The fourth-order valence-corrected chi connectivity index (χ4v) is 2.96. The van der Waals surface area contributed by atoms with Crippen molar-refractivity contribution in [1.82, 2.24) is 9.97 Å². The molecule has 0 spiro atoms. The minimum atomic E-state index is -0.534. The van der Waals surface area contributed by atoms with Gasteiger partial charge in [-0.1, -0.05) is 23.7 Å². The molecule has 2 aromatic heterocycles. The van der Waals surface area contributed by atoms with E-state index in [0.29, 0.717) is 21.5 Å². The summed E-state index contributed by atoms with van der Waals surface area (Å²) in [6, 6.07) is 8.72. The molecular weight excluding hydrogens is 348 g/mol. The number of nitrogens with zero attached hydrogens (tertiary/aromatic N) is 1. The van der Waals surface area contributed by atoms with Gasteiger partial charge in [-0.25, -0.2) is 4.98 Å². The van der Waals surface area contributed by atoms with Gasteiger partial charge in [0.2, 0.25) is 5.91 Å². The predicted octanol–water partition coefficient (Wildman–Crippen LogP) is 3.07. The van der Waals surface area contributed by atoms with Crippen LogP contribution in [-0.4, -0.2) is 21.8 Å². The molecule has 6 nitrogen and oxygen atoms in total. The maximum absolute atomic E-state index is 12.1. The van der Waals surface area contributed by atoms with E-state index in [1.165, 1.54) is 11.3 Å². The van der Waals surface area contributed by atoms with Gasteiger partial charge in [0.1, 0.15) is 5.69 Å². The molecule has 8 heteroatoms. The van der Waals surface area contributed by atoms with E-state index in [0.717, 1.165) is 11.1 Å². The molecule has 3 aromatic rings. The van der Waals surface area contributed by atoms with Gasteiger partial charge in [-0.2, -0.15) is 0 Å². The highest BCUT2D eigenvalue weighted by molar-refractivity contribution is 7.14. The number of benzene rings is 1. The number of halogens is 1. The first-order valence-corrected chi connectivity index (χ1v) is 8.25. The lowest BCUT2D eigenvalue weighted by Gasteiger charge is -2.02. The zero-order valence-corrected chi connectivity index (χ0v) is 13.9. The third kappa shape index (κ3) is 3.81. The van der Waals surface area contributed by atoms with Crippen LogP contribution in [0.25, 0.3) is 11.3 Å². The molecule has 0 aliphatic rings. The zero-order chi connectivity index (χ0) is 17.1. The molecule has 0 atom stereocenters. The fourth-order valence-electron chi connectivity index (χ4n) is 2.10. The van der Waals surface area contributed by atoms with Gasteiger partial charge in [0, 0.05) is 22.2 Å². The first-order valence-electron chi connectivity index (χ1n) is 6.99. The Morgan fingerprint density at radius 3 is 2.71 bits per heavy atom. The summed E-state index contributed by atoms with van der Waals surface area (Å²) in [5, 5.41) is 5.68. The van der Waals surface area contributed by atoms with Crippen molar-refractivity contribution in [3.63, 3.8) is 0 Å². The third-order valence-electron chi connectivity index (χ3n) is 3.27. The summed E-state index contributed by atoms with van der Waals surface area (Å²) >= 11 is 7.13. The molecular formula is C16H13ClN4O2S. The van der Waals surface area contributed by atoms with Gasteiger partial charge in [0.25, 0.3) is 5.91 Å². The molecule has 0 bridgehead atoms. The number of primary amides is 1. The number of aromatic amines is 1.